The quantitative estimate of drug-likeness (QED) is 0.628. The second-order valence-corrected chi connectivity index (χ2v) is 3.85. The molecular weight excluding hydrogens is 164 g/mol. The average Bonchev–Trinajstić information content (AvgIpc) is 1.85. The number of hydrogen-bond acceptors (Lipinski definition) is 3. The molecular formula is C7H14OS2. The summed E-state index contributed by atoms with van der Waals surface area (Å²) in [6, 6.07) is 0. The Bertz CT molecular complexity index is 112. The van der Waals surface area contributed by atoms with Crippen molar-refractivity contribution in [2.75, 3.05) is 5.75 Å². The van der Waals surface area contributed by atoms with Crippen LogP contribution >= 0.6 is 25.3 Å². The molecule has 3 heteroatoms. The van der Waals surface area contributed by atoms with Crippen LogP contribution in [0.15, 0.2) is 0 Å². The Morgan fingerprint density at radius 1 is 1.50 bits per heavy atom. The van der Waals surface area contributed by atoms with Gasteiger partial charge < -0.3 is 0 Å². The molecule has 0 aromatic carbocycles. The highest BCUT2D eigenvalue weighted by Gasteiger charge is 2.12. The van der Waals surface area contributed by atoms with E-state index in [2.05, 4.69) is 25.3 Å². The lowest BCUT2D eigenvalue weighted by Gasteiger charge is -2.07. The van der Waals surface area contributed by atoms with Gasteiger partial charge in [0, 0.05) is 17.6 Å². The van der Waals surface area contributed by atoms with Gasteiger partial charge in [0.05, 0.1) is 0 Å². The molecule has 0 aliphatic carbocycles. The molecule has 0 radical (unpaired) electrons. The largest absolute Gasteiger partial charge is 0.299 e. The fourth-order valence-corrected chi connectivity index (χ4v) is 0.978. The minimum absolute atomic E-state index is 0.0814. The van der Waals surface area contributed by atoms with Gasteiger partial charge in [0.2, 0.25) is 0 Å². The summed E-state index contributed by atoms with van der Waals surface area (Å²) in [5.74, 6) is 0.981. The van der Waals surface area contributed by atoms with E-state index in [0.717, 1.165) is 0 Å². The van der Waals surface area contributed by atoms with Crippen LogP contribution in [0.1, 0.15) is 20.3 Å². The number of carbonyl (C=O) groups excluding carboxylic acids is 1. The molecule has 0 amide bonds. The van der Waals surface area contributed by atoms with Crippen LogP contribution in [0.5, 0.6) is 0 Å². The van der Waals surface area contributed by atoms with E-state index in [4.69, 9.17) is 0 Å². The lowest BCUT2D eigenvalue weighted by molar-refractivity contribution is -0.121. The van der Waals surface area contributed by atoms with Gasteiger partial charge >= 0.3 is 0 Å². The van der Waals surface area contributed by atoms with Crippen molar-refractivity contribution in [3.63, 3.8) is 0 Å². The predicted molar refractivity (Wildman–Crippen MR) is 51.1 cm³/mol. The van der Waals surface area contributed by atoms with E-state index in [1.165, 1.54) is 0 Å². The zero-order valence-electron chi connectivity index (χ0n) is 6.37. The van der Waals surface area contributed by atoms with E-state index in [0.29, 0.717) is 12.2 Å². The van der Waals surface area contributed by atoms with E-state index < -0.39 is 0 Å². The normalized spacial score (nSPS) is 16.4. The zero-order chi connectivity index (χ0) is 8.15. The van der Waals surface area contributed by atoms with Gasteiger partial charge in [-0.25, -0.2) is 0 Å². The maximum atomic E-state index is 11.1. The number of ketones is 1. The molecule has 0 bridgehead atoms. The molecule has 0 N–H and O–H groups in total. The third-order valence-electron chi connectivity index (χ3n) is 1.32. The first-order chi connectivity index (χ1) is 4.57. The maximum absolute atomic E-state index is 11.1. The summed E-state index contributed by atoms with van der Waals surface area (Å²) in [5.41, 5.74) is 0. The van der Waals surface area contributed by atoms with Gasteiger partial charge in [-0.05, 0) is 5.75 Å². The summed E-state index contributed by atoms with van der Waals surface area (Å²) in [7, 11) is 0. The Morgan fingerprint density at radius 3 is 2.30 bits per heavy atom. The number of rotatable bonds is 4. The second kappa shape index (κ2) is 5.08. The molecule has 0 heterocycles. The van der Waals surface area contributed by atoms with Crippen LogP contribution in [0.2, 0.25) is 0 Å². The molecule has 0 aliphatic heterocycles. The van der Waals surface area contributed by atoms with Gasteiger partial charge in [0.1, 0.15) is 5.78 Å². The van der Waals surface area contributed by atoms with Gasteiger partial charge in [-0.2, -0.15) is 25.3 Å². The summed E-state index contributed by atoms with van der Waals surface area (Å²) in [4.78, 5) is 11.1. The van der Waals surface area contributed by atoms with E-state index in [1.807, 2.05) is 13.8 Å². The molecule has 10 heavy (non-hydrogen) atoms. The Morgan fingerprint density at radius 2 is 2.00 bits per heavy atom. The number of thiol groups is 2. The molecule has 0 fully saturated rings. The molecule has 60 valence electrons. The van der Waals surface area contributed by atoms with E-state index in [9.17, 15) is 4.79 Å². The van der Waals surface area contributed by atoms with Crippen molar-refractivity contribution >= 4 is 31.0 Å². The van der Waals surface area contributed by atoms with Gasteiger partial charge in [0.15, 0.2) is 0 Å². The minimum Gasteiger partial charge on any atom is -0.299 e. The lowest BCUT2D eigenvalue weighted by atomic mass is 10.1. The van der Waals surface area contributed by atoms with Crippen LogP contribution in [0, 0.1) is 5.92 Å². The van der Waals surface area contributed by atoms with Gasteiger partial charge in [-0.3, -0.25) is 4.79 Å². The molecule has 0 rings (SSSR count). The molecule has 0 aromatic heterocycles. The fourth-order valence-electron chi connectivity index (χ4n) is 0.594. The molecule has 0 aromatic rings. The average molecular weight is 178 g/mol. The van der Waals surface area contributed by atoms with Gasteiger partial charge in [0.25, 0.3) is 0 Å². The Labute approximate surface area is 73.4 Å². The molecule has 2 unspecified atom stereocenters. The highest BCUT2D eigenvalue weighted by Crippen LogP contribution is 2.08. The number of hydrogen-bond donors (Lipinski definition) is 2. The molecule has 0 aliphatic rings. The van der Waals surface area contributed by atoms with Crippen molar-refractivity contribution in [3.8, 4) is 0 Å². The first-order valence-electron chi connectivity index (χ1n) is 3.39. The molecule has 0 saturated carbocycles. The summed E-state index contributed by atoms with van der Waals surface area (Å²) in [5, 5.41) is 0.176. The van der Waals surface area contributed by atoms with Gasteiger partial charge in [-0.1, -0.05) is 13.8 Å². The van der Waals surface area contributed by atoms with Crippen LogP contribution in [-0.2, 0) is 4.79 Å². The molecule has 0 saturated heterocycles. The first-order valence-corrected chi connectivity index (χ1v) is 4.54. The standard InChI is InChI=1S/C7H14OS2/c1-5(4-9)7(8)3-6(2)10/h5-6,9-10H,3-4H2,1-2H3. The molecule has 1 nitrogen and oxygen atoms in total. The van der Waals surface area contributed by atoms with Crippen molar-refractivity contribution in [3.05, 3.63) is 0 Å². The van der Waals surface area contributed by atoms with Crippen LogP contribution in [-0.4, -0.2) is 16.8 Å². The highest BCUT2D eigenvalue weighted by molar-refractivity contribution is 7.81. The van der Waals surface area contributed by atoms with Crippen molar-refractivity contribution in [2.24, 2.45) is 5.92 Å². The van der Waals surface area contributed by atoms with Crippen LogP contribution in [0.3, 0.4) is 0 Å². The third-order valence-corrected chi connectivity index (χ3v) is 2.05. The van der Waals surface area contributed by atoms with Crippen molar-refractivity contribution in [1.82, 2.24) is 0 Å². The number of carbonyl (C=O) groups is 1. The zero-order valence-corrected chi connectivity index (χ0v) is 8.16. The van der Waals surface area contributed by atoms with Crippen LogP contribution < -0.4 is 0 Å². The van der Waals surface area contributed by atoms with Crippen molar-refractivity contribution < 1.29 is 4.79 Å². The minimum atomic E-state index is 0.0814. The monoisotopic (exact) mass is 178 g/mol. The summed E-state index contributed by atoms with van der Waals surface area (Å²) in [6.45, 7) is 3.82. The maximum Gasteiger partial charge on any atom is 0.137 e. The highest BCUT2D eigenvalue weighted by atomic mass is 32.1. The second-order valence-electron chi connectivity index (χ2n) is 2.60. The SMILES string of the molecule is CC(S)CC(=O)C(C)CS. The summed E-state index contributed by atoms with van der Waals surface area (Å²) >= 11 is 8.16. The summed E-state index contributed by atoms with van der Waals surface area (Å²) in [6.07, 6.45) is 0.560. The molecule has 2 atom stereocenters. The smallest absolute Gasteiger partial charge is 0.137 e. The lowest BCUT2D eigenvalue weighted by Crippen LogP contribution is -2.15. The van der Waals surface area contributed by atoms with Crippen molar-refractivity contribution in [1.29, 1.82) is 0 Å². The van der Waals surface area contributed by atoms with Crippen molar-refractivity contribution in [2.45, 2.75) is 25.5 Å². The topological polar surface area (TPSA) is 17.1 Å². The third kappa shape index (κ3) is 4.23. The summed E-state index contributed by atoms with van der Waals surface area (Å²) < 4.78 is 0. The number of Topliss-reactive ketones (excluding diaryl/α,β-unsaturated/α-hetero) is 1. The Hall–Kier alpha value is 0.370. The Balaban J connectivity index is 3.62. The van der Waals surface area contributed by atoms with Crippen LogP contribution in [0.4, 0.5) is 0 Å². The Kier molecular flexibility index (Phi) is 5.27. The van der Waals surface area contributed by atoms with E-state index >= 15 is 0 Å². The molecule has 0 spiro atoms. The first kappa shape index (κ1) is 10.4. The van der Waals surface area contributed by atoms with E-state index in [-0.39, 0.29) is 17.0 Å². The predicted octanol–water partition coefficient (Wildman–Crippen LogP) is 1.83. The van der Waals surface area contributed by atoms with E-state index in [1.54, 1.807) is 0 Å². The fraction of sp³-hybridized carbons (Fsp3) is 0.857. The van der Waals surface area contributed by atoms with Crippen LogP contribution in [0.25, 0.3) is 0 Å². The van der Waals surface area contributed by atoms with Gasteiger partial charge in [-0.15, -0.1) is 0 Å².